The summed E-state index contributed by atoms with van der Waals surface area (Å²) >= 11 is 1.38. The molecule has 2 bridgehead atoms. The number of rotatable bonds is 5. The lowest BCUT2D eigenvalue weighted by Crippen LogP contribution is -2.51. The molecule has 4 aromatic rings. The highest BCUT2D eigenvalue weighted by atomic mass is 32.1. The molecule has 0 unspecified atom stereocenters. The van der Waals surface area contributed by atoms with E-state index < -0.39 is 17.7 Å². The Morgan fingerprint density at radius 1 is 1.15 bits per heavy atom. The number of nitrogens with one attached hydrogen (secondary N) is 2. The van der Waals surface area contributed by atoms with Gasteiger partial charge in [-0.05, 0) is 49.0 Å². The first-order valence-electron chi connectivity index (χ1n) is 11.0. The van der Waals surface area contributed by atoms with Crippen LogP contribution in [-0.2, 0) is 4.79 Å². The minimum absolute atomic E-state index is 0.0328. The molecule has 0 spiro atoms. The number of carboxylic acids is 1. The maximum atomic E-state index is 15.7. The maximum Gasteiger partial charge on any atom is 0.308 e. The molecule has 0 amide bonds. The molecule has 168 valence electrons. The molecule has 3 fully saturated rings. The fourth-order valence-electron chi connectivity index (χ4n) is 5.43. The molecular weight excluding hydrogens is 443 g/mol. The summed E-state index contributed by atoms with van der Waals surface area (Å²) in [6.07, 6.45) is 8.59. The van der Waals surface area contributed by atoms with Crippen LogP contribution in [0, 0.1) is 23.6 Å². The van der Waals surface area contributed by atoms with Gasteiger partial charge in [-0.3, -0.25) is 9.78 Å². The van der Waals surface area contributed by atoms with Gasteiger partial charge in [-0.15, -0.1) is 11.3 Å². The van der Waals surface area contributed by atoms with Gasteiger partial charge in [-0.1, -0.05) is 6.07 Å². The zero-order valence-corrected chi connectivity index (χ0v) is 18.3. The molecular formula is C23H21FN6O2S. The van der Waals surface area contributed by atoms with Gasteiger partial charge in [0.25, 0.3) is 0 Å². The molecule has 3 aliphatic carbocycles. The summed E-state index contributed by atoms with van der Waals surface area (Å²) in [4.78, 5) is 33.5. The molecule has 4 heterocycles. The van der Waals surface area contributed by atoms with E-state index in [1.807, 2.05) is 11.4 Å². The third-order valence-corrected chi connectivity index (χ3v) is 7.84. The Kier molecular flexibility index (Phi) is 4.83. The summed E-state index contributed by atoms with van der Waals surface area (Å²) in [5.74, 6) is -1.33. The highest BCUT2D eigenvalue weighted by molar-refractivity contribution is 7.13. The van der Waals surface area contributed by atoms with Gasteiger partial charge in [0.15, 0.2) is 23.1 Å². The van der Waals surface area contributed by atoms with Crippen LogP contribution in [0.25, 0.3) is 33.1 Å². The predicted octanol–water partition coefficient (Wildman–Crippen LogP) is 4.58. The van der Waals surface area contributed by atoms with Crippen LogP contribution in [0.1, 0.15) is 25.7 Å². The van der Waals surface area contributed by atoms with Gasteiger partial charge in [0, 0.05) is 24.6 Å². The average molecular weight is 465 g/mol. The number of carboxylic acid groups (broad SMARTS) is 1. The average Bonchev–Trinajstić information content (AvgIpc) is 3.51. The monoisotopic (exact) mass is 464 g/mol. The van der Waals surface area contributed by atoms with E-state index in [-0.39, 0.29) is 29.4 Å². The number of hydrogen-bond donors (Lipinski definition) is 3. The van der Waals surface area contributed by atoms with Gasteiger partial charge in [-0.25, -0.2) is 19.3 Å². The first-order valence-corrected chi connectivity index (χ1v) is 11.9. The maximum absolute atomic E-state index is 15.7. The van der Waals surface area contributed by atoms with Crippen molar-refractivity contribution in [2.75, 3.05) is 5.32 Å². The number of aromatic nitrogens is 5. The Morgan fingerprint density at radius 2 is 1.94 bits per heavy atom. The largest absolute Gasteiger partial charge is 0.481 e. The van der Waals surface area contributed by atoms with Crippen LogP contribution in [0.2, 0.25) is 0 Å². The summed E-state index contributed by atoms with van der Waals surface area (Å²) in [7, 11) is 0. The van der Waals surface area contributed by atoms with Crippen LogP contribution < -0.4 is 5.32 Å². The minimum Gasteiger partial charge on any atom is -0.481 e. The van der Waals surface area contributed by atoms with E-state index in [4.69, 9.17) is 0 Å². The second-order valence-electron chi connectivity index (χ2n) is 8.70. The summed E-state index contributed by atoms with van der Waals surface area (Å²) in [5.41, 5.74) is 1.97. The number of halogens is 1. The van der Waals surface area contributed by atoms with Crippen molar-refractivity contribution in [3.05, 3.63) is 41.9 Å². The Hall–Kier alpha value is -3.40. The normalized spacial score (nSPS) is 24.3. The number of nitrogens with zero attached hydrogens (tertiary/aromatic N) is 4. The molecule has 0 aromatic carbocycles. The Bertz CT molecular complexity index is 1330. The molecule has 3 aliphatic rings. The molecule has 3 saturated carbocycles. The zero-order chi connectivity index (χ0) is 22.5. The smallest absolute Gasteiger partial charge is 0.308 e. The Labute approximate surface area is 192 Å². The minimum atomic E-state index is -0.832. The second kappa shape index (κ2) is 7.87. The molecule has 3 N–H and O–H groups in total. The summed E-state index contributed by atoms with van der Waals surface area (Å²) in [5, 5.41) is 15.0. The number of carbonyl (C=O) groups is 1. The molecule has 7 rings (SSSR count). The molecule has 4 aromatic heterocycles. The first kappa shape index (κ1) is 20.2. The molecule has 0 radical (unpaired) electrons. The topological polar surface area (TPSA) is 117 Å². The van der Waals surface area contributed by atoms with Crippen molar-refractivity contribution in [3.8, 4) is 22.0 Å². The molecule has 2 atom stereocenters. The number of hydrogen-bond acceptors (Lipinski definition) is 7. The molecule has 0 saturated heterocycles. The quantitative estimate of drug-likeness (QED) is 0.396. The summed E-state index contributed by atoms with van der Waals surface area (Å²) in [6.45, 7) is 0. The SMILES string of the molecule is O=C(O)[C@@H]1C2CCC(CC2)[C@H]1Nc1nc(-c2c[nH]c3nccnc23)nc(-c2cccs2)c1F. The van der Waals surface area contributed by atoms with Gasteiger partial charge >= 0.3 is 5.97 Å². The standard InChI is InChI=1S/C23H21FN6O2S/c24-16-19(14-2-1-9-33-14)29-20(13-10-27-22-18(13)25-7-8-26-22)30-21(16)28-17-12-5-3-11(4-6-12)15(17)23(31)32/h1-2,7-12,15,17H,3-6H2,(H,26,27)(H,31,32)(H,28,29,30)/t11?,12?,15-,17-/m1/s1. The van der Waals surface area contributed by atoms with Crippen molar-refractivity contribution in [2.24, 2.45) is 17.8 Å². The number of aromatic amines is 1. The van der Waals surface area contributed by atoms with E-state index >= 15 is 4.39 Å². The summed E-state index contributed by atoms with van der Waals surface area (Å²) in [6, 6.07) is 3.28. The molecule has 10 heteroatoms. The number of H-pyrrole nitrogens is 1. The van der Waals surface area contributed by atoms with E-state index in [2.05, 4.69) is 30.2 Å². The van der Waals surface area contributed by atoms with Crippen LogP contribution in [0.4, 0.5) is 10.2 Å². The van der Waals surface area contributed by atoms with Gasteiger partial charge in [-0.2, -0.15) is 0 Å². The van der Waals surface area contributed by atoms with Crippen LogP contribution in [-0.4, -0.2) is 42.0 Å². The summed E-state index contributed by atoms with van der Waals surface area (Å²) < 4.78 is 15.7. The highest BCUT2D eigenvalue weighted by Crippen LogP contribution is 2.46. The van der Waals surface area contributed by atoms with Crippen LogP contribution in [0.15, 0.2) is 36.1 Å². The van der Waals surface area contributed by atoms with Crippen LogP contribution in [0.3, 0.4) is 0 Å². The molecule has 8 nitrogen and oxygen atoms in total. The lowest BCUT2D eigenvalue weighted by atomic mass is 9.61. The van der Waals surface area contributed by atoms with Crippen molar-refractivity contribution in [3.63, 3.8) is 0 Å². The number of anilines is 1. The fraction of sp³-hybridized carbons (Fsp3) is 0.348. The van der Waals surface area contributed by atoms with E-state index in [1.54, 1.807) is 24.7 Å². The third-order valence-electron chi connectivity index (χ3n) is 6.96. The van der Waals surface area contributed by atoms with Crippen molar-refractivity contribution < 1.29 is 14.3 Å². The predicted molar refractivity (Wildman–Crippen MR) is 122 cm³/mol. The van der Waals surface area contributed by atoms with E-state index in [0.717, 1.165) is 25.7 Å². The van der Waals surface area contributed by atoms with Gasteiger partial charge in [0.2, 0.25) is 0 Å². The van der Waals surface area contributed by atoms with E-state index in [9.17, 15) is 9.90 Å². The number of aliphatic carboxylic acids is 1. The zero-order valence-electron chi connectivity index (χ0n) is 17.5. The fourth-order valence-corrected chi connectivity index (χ4v) is 6.14. The number of fused-ring (bicyclic) bond motifs is 4. The first-order chi connectivity index (χ1) is 16.1. The molecule has 33 heavy (non-hydrogen) atoms. The lowest BCUT2D eigenvalue weighted by molar-refractivity contribution is -0.148. The van der Waals surface area contributed by atoms with Gasteiger partial charge in [0.05, 0.1) is 16.4 Å². The van der Waals surface area contributed by atoms with Gasteiger partial charge in [0.1, 0.15) is 11.2 Å². The second-order valence-corrected chi connectivity index (χ2v) is 9.65. The number of thiophene rings is 1. The van der Waals surface area contributed by atoms with E-state index in [1.165, 1.54) is 11.3 Å². The molecule has 0 aliphatic heterocycles. The van der Waals surface area contributed by atoms with Crippen molar-refractivity contribution in [2.45, 2.75) is 31.7 Å². The Balaban J connectivity index is 1.48. The van der Waals surface area contributed by atoms with Crippen molar-refractivity contribution >= 4 is 34.3 Å². The van der Waals surface area contributed by atoms with Crippen LogP contribution in [0.5, 0.6) is 0 Å². The van der Waals surface area contributed by atoms with Crippen molar-refractivity contribution in [1.82, 2.24) is 24.9 Å². The lowest BCUT2D eigenvalue weighted by Gasteiger charge is -2.47. The highest BCUT2D eigenvalue weighted by Gasteiger charge is 2.47. The van der Waals surface area contributed by atoms with Crippen LogP contribution >= 0.6 is 11.3 Å². The third kappa shape index (κ3) is 3.36. The van der Waals surface area contributed by atoms with E-state index in [0.29, 0.717) is 27.4 Å². The van der Waals surface area contributed by atoms with Gasteiger partial charge < -0.3 is 15.4 Å². The van der Waals surface area contributed by atoms with Crippen molar-refractivity contribution in [1.29, 1.82) is 0 Å². The Morgan fingerprint density at radius 3 is 2.70 bits per heavy atom.